The van der Waals surface area contributed by atoms with E-state index in [1.54, 1.807) is 0 Å². The fraction of sp³-hybridized carbons (Fsp3) is 0.868. The Kier molecular flexibility index (Phi) is 33.4. The number of allylic oxidation sites excluding steroid dienone is 4. The molecule has 0 spiro atoms. The molecule has 2 atom stereocenters. The van der Waals surface area contributed by atoms with Crippen molar-refractivity contribution in [3.05, 3.63) is 24.3 Å². The average Bonchev–Trinajstić information content (AvgIpc) is 2.99. The molecule has 3 N–H and O–H groups in total. The van der Waals surface area contributed by atoms with Crippen LogP contribution in [0.25, 0.3) is 0 Å². The summed E-state index contributed by atoms with van der Waals surface area (Å²) in [4.78, 5) is 12.3. The van der Waals surface area contributed by atoms with Crippen LogP contribution in [0.15, 0.2) is 24.3 Å². The first-order valence-electron chi connectivity index (χ1n) is 18.6. The molecule has 4 nitrogen and oxygen atoms in total. The largest absolute Gasteiger partial charge is 0.394 e. The predicted octanol–water partition coefficient (Wildman–Crippen LogP) is 10.9. The van der Waals surface area contributed by atoms with Crippen molar-refractivity contribution in [3.8, 4) is 0 Å². The SMILES string of the molecule is CCCCC/C=C\C=C/CCCCCCCCCCCCC(=O)NC(CO)C(O)CCCCCCCCCCCCC. The number of amides is 1. The maximum absolute atomic E-state index is 12.3. The number of unbranched alkanes of at least 4 members (excludes halogenated alkanes) is 23. The van der Waals surface area contributed by atoms with Crippen LogP contribution in [0.4, 0.5) is 0 Å². The zero-order valence-corrected chi connectivity index (χ0v) is 28.3. The summed E-state index contributed by atoms with van der Waals surface area (Å²) in [7, 11) is 0. The molecule has 0 radical (unpaired) electrons. The third kappa shape index (κ3) is 30.3. The first kappa shape index (κ1) is 40.9. The molecule has 2 unspecified atom stereocenters. The summed E-state index contributed by atoms with van der Waals surface area (Å²) >= 11 is 0. The summed E-state index contributed by atoms with van der Waals surface area (Å²) in [6, 6.07) is -0.534. The second kappa shape index (κ2) is 34.4. The number of hydrogen-bond donors (Lipinski definition) is 3. The second-order valence-electron chi connectivity index (χ2n) is 12.7. The van der Waals surface area contributed by atoms with Gasteiger partial charge in [0.2, 0.25) is 5.91 Å². The highest BCUT2D eigenvalue weighted by atomic mass is 16.3. The van der Waals surface area contributed by atoms with Crippen LogP contribution in [-0.2, 0) is 4.79 Å². The molecule has 0 aliphatic heterocycles. The van der Waals surface area contributed by atoms with Crippen molar-refractivity contribution in [2.75, 3.05) is 6.61 Å². The van der Waals surface area contributed by atoms with Crippen LogP contribution < -0.4 is 5.32 Å². The summed E-state index contributed by atoms with van der Waals surface area (Å²) in [5.41, 5.74) is 0. The molecule has 0 rings (SSSR count). The van der Waals surface area contributed by atoms with Crippen LogP contribution in [0.1, 0.15) is 194 Å². The van der Waals surface area contributed by atoms with E-state index in [2.05, 4.69) is 43.5 Å². The number of carbonyl (C=O) groups excluding carboxylic acids is 1. The Hall–Kier alpha value is -1.13. The molecule has 0 fully saturated rings. The van der Waals surface area contributed by atoms with E-state index in [1.807, 2.05) is 0 Å². The molecule has 42 heavy (non-hydrogen) atoms. The zero-order valence-electron chi connectivity index (χ0n) is 28.3. The van der Waals surface area contributed by atoms with E-state index in [0.717, 1.165) is 25.7 Å². The number of hydrogen-bond acceptors (Lipinski definition) is 3. The highest BCUT2D eigenvalue weighted by molar-refractivity contribution is 5.76. The summed E-state index contributed by atoms with van der Waals surface area (Å²) < 4.78 is 0. The van der Waals surface area contributed by atoms with Gasteiger partial charge in [-0.15, -0.1) is 0 Å². The Balaban J connectivity index is 3.55. The van der Waals surface area contributed by atoms with E-state index in [1.165, 1.54) is 141 Å². The van der Waals surface area contributed by atoms with Crippen molar-refractivity contribution in [3.63, 3.8) is 0 Å². The van der Waals surface area contributed by atoms with Gasteiger partial charge in [0.05, 0.1) is 18.8 Å². The lowest BCUT2D eigenvalue weighted by molar-refractivity contribution is -0.123. The average molecular weight is 592 g/mol. The molecule has 0 heterocycles. The Labute approximate surface area is 262 Å². The zero-order chi connectivity index (χ0) is 30.8. The topological polar surface area (TPSA) is 69.6 Å². The maximum atomic E-state index is 12.3. The number of nitrogens with one attached hydrogen (secondary N) is 1. The van der Waals surface area contributed by atoms with E-state index in [0.29, 0.717) is 12.8 Å². The molecule has 0 saturated carbocycles. The highest BCUT2D eigenvalue weighted by Crippen LogP contribution is 2.15. The number of aliphatic hydroxyl groups is 2. The molecule has 0 aliphatic rings. The van der Waals surface area contributed by atoms with Gasteiger partial charge in [-0.2, -0.15) is 0 Å². The first-order valence-corrected chi connectivity index (χ1v) is 18.6. The normalized spacial score (nSPS) is 13.3. The van der Waals surface area contributed by atoms with Crippen LogP contribution in [-0.4, -0.2) is 34.9 Å². The lowest BCUT2D eigenvalue weighted by Gasteiger charge is -2.22. The molecule has 0 aromatic heterocycles. The van der Waals surface area contributed by atoms with Gasteiger partial charge in [-0.05, 0) is 38.5 Å². The third-order valence-corrected chi connectivity index (χ3v) is 8.49. The minimum Gasteiger partial charge on any atom is -0.394 e. The summed E-state index contributed by atoms with van der Waals surface area (Å²) in [6.07, 6.45) is 42.3. The van der Waals surface area contributed by atoms with Crippen LogP contribution >= 0.6 is 0 Å². The molecule has 248 valence electrons. The van der Waals surface area contributed by atoms with Gasteiger partial charge in [0.25, 0.3) is 0 Å². The van der Waals surface area contributed by atoms with Crippen LogP contribution in [0.3, 0.4) is 0 Å². The molecule has 0 aromatic carbocycles. The highest BCUT2D eigenvalue weighted by Gasteiger charge is 2.19. The summed E-state index contributed by atoms with van der Waals surface area (Å²) in [5.74, 6) is -0.0372. The fourth-order valence-corrected chi connectivity index (χ4v) is 5.59. The van der Waals surface area contributed by atoms with E-state index < -0.39 is 12.1 Å². The quantitative estimate of drug-likeness (QED) is 0.0525. The monoisotopic (exact) mass is 592 g/mol. The molecular weight excluding hydrogens is 518 g/mol. The molecule has 4 heteroatoms. The predicted molar refractivity (Wildman–Crippen MR) is 184 cm³/mol. The molecule has 0 aliphatic carbocycles. The van der Waals surface area contributed by atoms with Gasteiger partial charge < -0.3 is 15.5 Å². The molecule has 0 aromatic rings. The van der Waals surface area contributed by atoms with Gasteiger partial charge in [-0.3, -0.25) is 4.79 Å². The van der Waals surface area contributed by atoms with Gasteiger partial charge in [-0.25, -0.2) is 0 Å². The van der Waals surface area contributed by atoms with Gasteiger partial charge in [0, 0.05) is 6.42 Å². The first-order chi connectivity index (χ1) is 20.7. The van der Waals surface area contributed by atoms with E-state index in [9.17, 15) is 15.0 Å². The third-order valence-electron chi connectivity index (χ3n) is 8.49. The Morgan fingerprint density at radius 2 is 0.952 bits per heavy atom. The molecule has 1 amide bonds. The van der Waals surface area contributed by atoms with Crippen LogP contribution in [0.5, 0.6) is 0 Å². The summed E-state index contributed by atoms with van der Waals surface area (Å²) in [5, 5.41) is 23.0. The van der Waals surface area contributed by atoms with Crippen LogP contribution in [0.2, 0.25) is 0 Å². The second-order valence-corrected chi connectivity index (χ2v) is 12.7. The number of carbonyl (C=O) groups is 1. The minimum absolute atomic E-state index is 0.0372. The van der Waals surface area contributed by atoms with Crippen molar-refractivity contribution in [1.82, 2.24) is 5.32 Å². The standard InChI is InChI=1S/C38H73NO3/c1-3-5-7-9-11-13-15-16-17-18-19-20-21-22-24-26-28-30-32-34-38(42)39-36(35-40)37(41)33-31-29-27-25-23-14-12-10-8-6-4-2/h11,13,15-16,36-37,40-41H,3-10,12,14,17-35H2,1-2H3,(H,39,42)/b13-11-,16-15-. The van der Waals surface area contributed by atoms with Gasteiger partial charge in [0.1, 0.15) is 0 Å². The smallest absolute Gasteiger partial charge is 0.220 e. The van der Waals surface area contributed by atoms with E-state index >= 15 is 0 Å². The van der Waals surface area contributed by atoms with Crippen molar-refractivity contribution < 1.29 is 15.0 Å². The van der Waals surface area contributed by atoms with Gasteiger partial charge in [0.15, 0.2) is 0 Å². The fourth-order valence-electron chi connectivity index (χ4n) is 5.59. The number of aliphatic hydroxyl groups excluding tert-OH is 2. The van der Waals surface area contributed by atoms with Crippen molar-refractivity contribution in [2.24, 2.45) is 0 Å². The van der Waals surface area contributed by atoms with Crippen LogP contribution in [0, 0.1) is 0 Å². The Morgan fingerprint density at radius 3 is 1.43 bits per heavy atom. The Morgan fingerprint density at radius 1 is 0.571 bits per heavy atom. The van der Waals surface area contributed by atoms with Crippen molar-refractivity contribution >= 4 is 5.91 Å². The van der Waals surface area contributed by atoms with Gasteiger partial charge >= 0.3 is 0 Å². The van der Waals surface area contributed by atoms with Gasteiger partial charge in [-0.1, -0.05) is 173 Å². The van der Waals surface area contributed by atoms with Crippen molar-refractivity contribution in [1.29, 1.82) is 0 Å². The number of rotatable bonds is 33. The lowest BCUT2D eigenvalue weighted by atomic mass is 10.0. The van der Waals surface area contributed by atoms with E-state index in [4.69, 9.17) is 0 Å². The van der Waals surface area contributed by atoms with Crippen molar-refractivity contribution in [2.45, 2.75) is 206 Å². The molecule has 0 bridgehead atoms. The Bertz CT molecular complexity index is 603. The van der Waals surface area contributed by atoms with E-state index in [-0.39, 0.29) is 12.5 Å². The maximum Gasteiger partial charge on any atom is 0.220 e. The molecular formula is C38H73NO3. The lowest BCUT2D eigenvalue weighted by Crippen LogP contribution is -2.45. The molecule has 0 saturated heterocycles. The summed E-state index contributed by atoms with van der Waals surface area (Å²) in [6.45, 7) is 4.31. The minimum atomic E-state index is -0.656.